The van der Waals surface area contributed by atoms with Crippen molar-refractivity contribution in [3.8, 4) is 5.75 Å². The standard InChI is InChI=1S/C27H35ClN7O10PS/c1-26(38)21(36)19(13-43-46(39,45-18-9-5-16(28)6-10-18)32-27(11-4-12-27)25(37)42-2)44-24(26)34-15-31-20-22(34)29-14-30-23(20)35(17-7-8-17)33-47(3,40)41/h5-6,9-10,14-15,17,19,21,24,33,36,38H,4,7-8,11-13H2,1-3H3,(H,32,39)/t19?,21-,24?,26-,46?/m1/s1. The molecule has 0 amide bonds. The van der Waals surface area contributed by atoms with Crippen LogP contribution in [0.2, 0.25) is 5.02 Å². The van der Waals surface area contributed by atoms with Crippen molar-refractivity contribution in [1.82, 2.24) is 29.4 Å². The van der Waals surface area contributed by atoms with Gasteiger partial charge < -0.3 is 24.2 Å². The van der Waals surface area contributed by atoms with Crippen molar-refractivity contribution in [3.05, 3.63) is 41.9 Å². The molecule has 2 aliphatic carbocycles. The van der Waals surface area contributed by atoms with Crippen LogP contribution in [-0.4, -0.2) is 93.5 Å². The van der Waals surface area contributed by atoms with E-state index in [2.05, 4.69) is 24.9 Å². The van der Waals surface area contributed by atoms with Crippen LogP contribution in [0.1, 0.15) is 45.3 Å². The van der Waals surface area contributed by atoms with Gasteiger partial charge in [-0.2, -0.15) is 5.09 Å². The summed E-state index contributed by atoms with van der Waals surface area (Å²) in [7, 11) is -6.78. The van der Waals surface area contributed by atoms with E-state index in [1.807, 2.05) is 0 Å². The molecule has 1 aromatic carbocycles. The smallest absolute Gasteiger partial charge is 0.459 e. The normalized spacial score (nSPS) is 26.8. The van der Waals surface area contributed by atoms with Gasteiger partial charge in [-0.3, -0.25) is 18.9 Å². The molecule has 0 spiro atoms. The van der Waals surface area contributed by atoms with E-state index in [0.717, 1.165) is 19.1 Å². The number of nitrogens with one attached hydrogen (secondary N) is 2. The van der Waals surface area contributed by atoms with Gasteiger partial charge in [-0.25, -0.2) is 27.9 Å². The number of methoxy groups -OCH3 is 1. The molecule has 1 aliphatic heterocycles. The molecule has 3 aromatic rings. The molecule has 256 valence electrons. The quantitative estimate of drug-likeness (QED) is 0.113. The van der Waals surface area contributed by atoms with Crippen LogP contribution in [0.3, 0.4) is 0 Å². The fourth-order valence-corrected chi connectivity index (χ4v) is 8.07. The topological polar surface area (TPSA) is 217 Å². The van der Waals surface area contributed by atoms with Crippen LogP contribution < -0.4 is 19.5 Å². The molecule has 17 nitrogen and oxygen atoms in total. The third-order valence-electron chi connectivity index (χ3n) is 8.33. The van der Waals surface area contributed by atoms with Gasteiger partial charge in [-0.05, 0) is 63.3 Å². The fraction of sp³-hybridized carbons (Fsp3) is 0.556. The first kappa shape index (κ1) is 34.0. The predicted molar refractivity (Wildman–Crippen MR) is 167 cm³/mol. The van der Waals surface area contributed by atoms with Gasteiger partial charge in [0.1, 0.15) is 35.4 Å². The number of aliphatic hydroxyl groups is 2. The van der Waals surface area contributed by atoms with E-state index in [0.29, 0.717) is 24.3 Å². The Hall–Kier alpha value is -2.93. The lowest BCUT2D eigenvalue weighted by Crippen LogP contribution is -2.57. The first-order valence-electron chi connectivity index (χ1n) is 14.7. The third-order valence-corrected chi connectivity index (χ3v) is 10.8. The number of hydrogen-bond acceptors (Lipinski definition) is 14. The lowest BCUT2D eigenvalue weighted by Gasteiger charge is -2.41. The molecular formula is C27H35ClN7O10PS. The number of aliphatic hydroxyl groups excluding tert-OH is 1. The first-order chi connectivity index (χ1) is 22.1. The summed E-state index contributed by atoms with van der Waals surface area (Å²) in [4.78, 5) is 28.1. The Morgan fingerprint density at radius 2 is 1.94 bits per heavy atom. The van der Waals surface area contributed by atoms with Gasteiger partial charge in [-0.15, -0.1) is 4.83 Å². The van der Waals surface area contributed by atoms with E-state index in [4.69, 9.17) is 30.1 Å². The van der Waals surface area contributed by atoms with Gasteiger partial charge >= 0.3 is 13.7 Å². The summed E-state index contributed by atoms with van der Waals surface area (Å²) in [6.45, 7) is 0.810. The Balaban J connectivity index is 1.25. The largest absolute Gasteiger partial charge is 0.468 e. The minimum Gasteiger partial charge on any atom is -0.468 e. The van der Waals surface area contributed by atoms with Crippen LogP contribution in [0.25, 0.3) is 11.2 Å². The fourth-order valence-electron chi connectivity index (χ4n) is 5.60. The van der Waals surface area contributed by atoms with Gasteiger partial charge in [-0.1, -0.05) is 11.6 Å². The number of nitrogens with zero attached hydrogens (tertiary/aromatic N) is 5. The maximum absolute atomic E-state index is 14.2. The molecule has 3 fully saturated rings. The van der Waals surface area contributed by atoms with Gasteiger partial charge in [0.25, 0.3) is 0 Å². The molecule has 4 N–H and O–H groups in total. The summed E-state index contributed by atoms with van der Waals surface area (Å²) in [5.41, 5.74) is -2.84. The van der Waals surface area contributed by atoms with Crippen molar-refractivity contribution >= 4 is 52.3 Å². The van der Waals surface area contributed by atoms with Crippen molar-refractivity contribution in [2.75, 3.05) is 25.0 Å². The van der Waals surface area contributed by atoms with Gasteiger partial charge in [0.05, 0.1) is 26.3 Å². The average Bonchev–Trinajstić information content (AvgIpc) is 3.71. The molecule has 3 heterocycles. The molecule has 5 atom stereocenters. The SMILES string of the molecule is COC(=O)C1(NP(=O)(OCC2OC(n3cnc4c(N(NS(C)(=O)=O)C5CC5)ncnc43)[C@](C)(O)[C@@H]2O)Oc2ccc(Cl)cc2)CCC1. The number of hydrogen-bond donors (Lipinski definition) is 4. The van der Waals surface area contributed by atoms with E-state index in [1.54, 1.807) is 0 Å². The molecule has 20 heteroatoms. The van der Waals surface area contributed by atoms with Crippen LogP contribution in [0, 0.1) is 0 Å². The molecule has 6 rings (SSSR count). The number of hydrazine groups is 1. The number of halogens is 1. The number of carbonyl (C=O) groups excluding carboxylic acids is 1. The predicted octanol–water partition coefficient (Wildman–Crippen LogP) is 1.81. The minimum atomic E-state index is -4.36. The Labute approximate surface area is 275 Å². The van der Waals surface area contributed by atoms with Gasteiger partial charge in [0.2, 0.25) is 10.0 Å². The summed E-state index contributed by atoms with van der Waals surface area (Å²) in [6, 6.07) is 5.88. The number of benzene rings is 1. The summed E-state index contributed by atoms with van der Waals surface area (Å²) in [5, 5.41) is 27.2. The number of imidazole rings is 1. The number of carbonyl (C=O) groups is 1. The molecule has 0 bridgehead atoms. The Morgan fingerprint density at radius 3 is 2.53 bits per heavy atom. The van der Waals surface area contributed by atoms with Crippen LogP contribution in [0.15, 0.2) is 36.9 Å². The van der Waals surface area contributed by atoms with Gasteiger partial charge in [0, 0.05) is 11.1 Å². The number of esters is 1. The third kappa shape index (κ3) is 6.84. The first-order valence-corrected chi connectivity index (χ1v) is 18.5. The van der Waals surface area contributed by atoms with Crippen molar-refractivity contribution < 1.29 is 46.5 Å². The van der Waals surface area contributed by atoms with Crippen molar-refractivity contribution in [2.24, 2.45) is 0 Å². The molecule has 2 saturated carbocycles. The highest BCUT2D eigenvalue weighted by Crippen LogP contribution is 2.51. The highest BCUT2D eigenvalue weighted by Gasteiger charge is 2.55. The monoisotopic (exact) mass is 715 g/mol. The zero-order valence-electron chi connectivity index (χ0n) is 25.6. The molecular weight excluding hydrogens is 681 g/mol. The van der Waals surface area contributed by atoms with Crippen LogP contribution in [0.4, 0.5) is 5.82 Å². The Kier molecular flexibility index (Phi) is 9.03. The van der Waals surface area contributed by atoms with E-state index in [9.17, 15) is 28.0 Å². The number of anilines is 1. The van der Waals surface area contributed by atoms with Crippen molar-refractivity contribution in [2.45, 2.75) is 74.6 Å². The number of ether oxygens (including phenoxy) is 2. The van der Waals surface area contributed by atoms with Crippen LogP contribution in [-0.2, 0) is 33.4 Å². The molecule has 3 unspecified atom stereocenters. The zero-order valence-corrected chi connectivity index (χ0v) is 28.1. The average molecular weight is 716 g/mol. The molecule has 47 heavy (non-hydrogen) atoms. The second kappa shape index (κ2) is 12.5. The number of aromatic nitrogens is 4. The molecule has 2 aromatic heterocycles. The second-order valence-electron chi connectivity index (χ2n) is 12.1. The van der Waals surface area contributed by atoms with E-state index >= 15 is 0 Å². The van der Waals surface area contributed by atoms with Crippen LogP contribution >= 0.6 is 19.3 Å². The highest BCUT2D eigenvalue weighted by molar-refractivity contribution is 7.88. The molecule has 3 aliphatic rings. The summed E-state index contributed by atoms with van der Waals surface area (Å²) in [6.07, 6.45) is 2.31. The molecule has 0 radical (unpaired) electrons. The van der Waals surface area contributed by atoms with Crippen molar-refractivity contribution in [1.29, 1.82) is 0 Å². The highest BCUT2D eigenvalue weighted by atomic mass is 35.5. The number of fused-ring (bicyclic) bond motifs is 1. The van der Waals surface area contributed by atoms with Crippen LogP contribution in [0.5, 0.6) is 5.75 Å². The lowest BCUT2D eigenvalue weighted by molar-refractivity contribution is -0.151. The van der Waals surface area contributed by atoms with Crippen molar-refractivity contribution in [3.63, 3.8) is 0 Å². The number of rotatable bonds is 13. The van der Waals surface area contributed by atoms with E-state index in [-0.39, 0.29) is 28.8 Å². The lowest BCUT2D eigenvalue weighted by atomic mass is 9.78. The Bertz CT molecular complexity index is 1800. The van der Waals surface area contributed by atoms with Gasteiger partial charge in [0.15, 0.2) is 23.2 Å². The number of sulfonamides is 1. The Morgan fingerprint density at radius 1 is 1.23 bits per heavy atom. The van der Waals surface area contributed by atoms with E-state index in [1.165, 1.54) is 60.5 Å². The summed E-state index contributed by atoms with van der Waals surface area (Å²) in [5.74, 6) is -0.289. The second-order valence-corrected chi connectivity index (χ2v) is 15.9. The maximum Gasteiger partial charge on any atom is 0.459 e. The minimum absolute atomic E-state index is 0.125. The summed E-state index contributed by atoms with van der Waals surface area (Å²) < 4.78 is 62.3. The summed E-state index contributed by atoms with van der Waals surface area (Å²) >= 11 is 5.98. The maximum atomic E-state index is 14.2. The zero-order chi connectivity index (χ0) is 33.8. The molecule has 1 saturated heterocycles. The van der Waals surface area contributed by atoms with E-state index < -0.39 is 59.9 Å².